The van der Waals surface area contributed by atoms with Gasteiger partial charge in [-0.05, 0) is 30.7 Å². The van der Waals surface area contributed by atoms with Gasteiger partial charge in [-0.25, -0.2) is 0 Å². The third kappa shape index (κ3) is 4.26. The summed E-state index contributed by atoms with van der Waals surface area (Å²) in [7, 11) is 1.62. The molecule has 0 spiro atoms. The second-order valence-corrected chi connectivity index (χ2v) is 5.52. The Bertz CT molecular complexity index is 836. The Morgan fingerprint density at radius 3 is 2.68 bits per heavy atom. The SMILES string of the molecule is COc1ccc(CNC(=O)CCc2nnc(-c3ccoc3C)o2)cc1. The molecule has 7 nitrogen and oxygen atoms in total. The lowest BCUT2D eigenvalue weighted by Gasteiger charge is -2.05. The van der Waals surface area contributed by atoms with Crippen LogP contribution >= 0.6 is 0 Å². The fraction of sp³-hybridized carbons (Fsp3) is 0.278. The van der Waals surface area contributed by atoms with E-state index < -0.39 is 0 Å². The zero-order chi connectivity index (χ0) is 17.6. The summed E-state index contributed by atoms with van der Waals surface area (Å²) in [4.78, 5) is 12.0. The van der Waals surface area contributed by atoms with Gasteiger partial charge < -0.3 is 18.9 Å². The van der Waals surface area contributed by atoms with Crippen LogP contribution in [0, 0.1) is 6.92 Å². The molecule has 0 fully saturated rings. The normalized spacial score (nSPS) is 10.6. The highest BCUT2D eigenvalue weighted by molar-refractivity contribution is 5.76. The molecule has 7 heteroatoms. The van der Waals surface area contributed by atoms with Gasteiger partial charge >= 0.3 is 0 Å². The van der Waals surface area contributed by atoms with Gasteiger partial charge in [0.15, 0.2) is 0 Å². The molecule has 0 aliphatic carbocycles. The van der Waals surface area contributed by atoms with Crippen LogP contribution in [-0.2, 0) is 17.8 Å². The van der Waals surface area contributed by atoms with Crippen LogP contribution < -0.4 is 10.1 Å². The average molecular weight is 341 g/mol. The number of carbonyl (C=O) groups excluding carboxylic acids is 1. The lowest BCUT2D eigenvalue weighted by molar-refractivity contribution is -0.121. The molecule has 3 rings (SSSR count). The van der Waals surface area contributed by atoms with Crippen molar-refractivity contribution in [3.05, 3.63) is 53.8 Å². The van der Waals surface area contributed by atoms with Crippen LogP contribution in [0.5, 0.6) is 5.75 Å². The summed E-state index contributed by atoms with van der Waals surface area (Å²) in [5.41, 5.74) is 1.77. The first-order chi connectivity index (χ1) is 12.2. The summed E-state index contributed by atoms with van der Waals surface area (Å²) in [6, 6.07) is 9.32. The molecular weight excluding hydrogens is 322 g/mol. The van der Waals surface area contributed by atoms with Crippen molar-refractivity contribution in [2.45, 2.75) is 26.3 Å². The Hall–Kier alpha value is -3.09. The van der Waals surface area contributed by atoms with E-state index in [9.17, 15) is 4.79 Å². The van der Waals surface area contributed by atoms with E-state index in [2.05, 4.69) is 15.5 Å². The first-order valence-corrected chi connectivity index (χ1v) is 7.92. The first-order valence-electron chi connectivity index (χ1n) is 7.92. The number of methoxy groups -OCH3 is 1. The number of nitrogens with zero attached hydrogens (tertiary/aromatic N) is 2. The maximum atomic E-state index is 12.0. The number of furan rings is 1. The van der Waals surface area contributed by atoms with Gasteiger partial charge in [-0.1, -0.05) is 12.1 Å². The van der Waals surface area contributed by atoms with Crippen LogP contribution in [-0.4, -0.2) is 23.2 Å². The van der Waals surface area contributed by atoms with Crippen molar-refractivity contribution in [1.29, 1.82) is 0 Å². The van der Waals surface area contributed by atoms with E-state index in [1.165, 1.54) is 0 Å². The monoisotopic (exact) mass is 341 g/mol. The summed E-state index contributed by atoms with van der Waals surface area (Å²) in [6.07, 6.45) is 2.24. The van der Waals surface area contributed by atoms with Gasteiger partial charge in [-0.2, -0.15) is 0 Å². The van der Waals surface area contributed by atoms with Crippen molar-refractivity contribution in [3.63, 3.8) is 0 Å². The van der Waals surface area contributed by atoms with Crippen molar-refractivity contribution in [3.8, 4) is 17.2 Å². The number of amides is 1. The minimum Gasteiger partial charge on any atom is -0.497 e. The molecule has 1 aromatic carbocycles. The van der Waals surface area contributed by atoms with E-state index in [4.69, 9.17) is 13.6 Å². The Kier molecular flexibility index (Phi) is 5.13. The van der Waals surface area contributed by atoms with Crippen LogP contribution in [0.4, 0.5) is 0 Å². The molecule has 0 bridgehead atoms. The standard InChI is InChI=1S/C18H19N3O4/c1-12-15(9-10-24-12)18-21-20-17(25-18)8-7-16(22)19-11-13-3-5-14(23-2)6-4-13/h3-6,9-10H,7-8,11H2,1-2H3,(H,19,22). The summed E-state index contributed by atoms with van der Waals surface area (Å²) >= 11 is 0. The van der Waals surface area contributed by atoms with Gasteiger partial charge in [0.25, 0.3) is 5.89 Å². The maximum Gasteiger partial charge on any atom is 0.251 e. The van der Waals surface area contributed by atoms with Crippen LogP contribution in [0.1, 0.15) is 23.6 Å². The minimum absolute atomic E-state index is 0.0740. The molecule has 3 aromatic rings. The molecule has 2 aromatic heterocycles. The van der Waals surface area contributed by atoms with Crippen LogP contribution in [0.3, 0.4) is 0 Å². The van der Waals surface area contributed by atoms with Gasteiger partial charge in [0.2, 0.25) is 11.8 Å². The Morgan fingerprint density at radius 1 is 1.20 bits per heavy atom. The van der Waals surface area contributed by atoms with Crippen LogP contribution in [0.25, 0.3) is 11.5 Å². The second kappa shape index (κ2) is 7.65. The highest BCUT2D eigenvalue weighted by atomic mass is 16.5. The van der Waals surface area contributed by atoms with E-state index in [1.807, 2.05) is 31.2 Å². The van der Waals surface area contributed by atoms with E-state index in [-0.39, 0.29) is 12.3 Å². The largest absolute Gasteiger partial charge is 0.497 e. The third-order valence-corrected chi connectivity index (χ3v) is 3.77. The summed E-state index contributed by atoms with van der Waals surface area (Å²) in [5.74, 6) is 2.26. The first kappa shape index (κ1) is 16.8. The Labute approximate surface area is 145 Å². The lowest BCUT2D eigenvalue weighted by atomic mass is 10.2. The van der Waals surface area contributed by atoms with E-state index in [1.54, 1.807) is 19.4 Å². The number of benzene rings is 1. The van der Waals surface area contributed by atoms with Gasteiger partial charge in [-0.15, -0.1) is 10.2 Å². The fourth-order valence-corrected chi connectivity index (χ4v) is 2.32. The molecule has 2 heterocycles. The number of rotatable bonds is 7. The predicted octanol–water partition coefficient (Wildman–Crippen LogP) is 2.90. The summed E-state index contributed by atoms with van der Waals surface area (Å²) < 4.78 is 15.9. The van der Waals surface area contributed by atoms with E-state index >= 15 is 0 Å². The molecule has 130 valence electrons. The molecular formula is C18H19N3O4. The number of aromatic nitrogens is 2. The zero-order valence-corrected chi connectivity index (χ0v) is 14.1. The van der Waals surface area contributed by atoms with Crippen molar-refractivity contribution in [2.24, 2.45) is 0 Å². The van der Waals surface area contributed by atoms with Crippen molar-refractivity contribution in [1.82, 2.24) is 15.5 Å². The van der Waals surface area contributed by atoms with Gasteiger partial charge in [0.05, 0.1) is 18.9 Å². The molecule has 0 unspecified atom stereocenters. The molecule has 0 saturated carbocycles. The number of aryl methyl sites for hydroxylation is 2. The van der Waals surface area contributed by atoms with Gasteiger partial charge in [0.1, 0.15) is 11.5 Å². The van der Waals surface area contributed by atoms with Gasteiger partial charge in [0, 0.05) is 19.4 Å². The molecule has 1 N–H and O–H groups in total. The molecule has 0 saturated heterocycles. The minimum atomic E-state index is -0.0740. The predicted molar refractivity (Wildman–Crippen MR) is 89.9 cm³/mol. The topological polar surface area (TPSA) is 90.4 Å². The number of nitrogens with one attached hydrogen (secondary N) is 1. The van der Waals surface area contributed by atoms with Crippen molar-refractivity contribution < 1.29 is 18.4 Å². The highest BCUT2D eigenvalue weighted by Crippen LogP contribution is 2.23. The third-order valence-electron chi connectivity index (χ3n) is 3.77. The molecule has 0 radical (unpaired) electrons. The van der Waals surface area contributed by atoms with E-state index in [0.29, 0.717) is 30.5 Å². The van der Waals surface area contributed by atoms with Crippen molar-refractivity contribution >= 4 is 5.91 Å². The quantitative estimate of drug-likeness (QED) is 0.710. The van der Waals surface area contributed by atoms with Crippen LogP contribution in [0.15, 0.2) is 45.4 Å². The average Bonchev–Trinajstić information content (AvgIpc) is 3.27. The molecule has 1 amide bonds. The lowest BCUT2D eigenvalue weighted by Crippen LogP contribution is -2.23. The summed E-state index contributed by atoms with van der Waals surface area (Å²) in [6.45, 7) is 2.29. The number of hydrogen-bond donors (Lipinski definition) is 1. The molecule has 25 heavy (non-hydrogen) atoms. The Morgan fingerprint density at radius 2 is 2.00 bits per heavy atom. The van der Waals surface area contributed by atoms with Gasteiger partial charge in [-0.3, -0.25) is 4.79 Å². The highest BCUT2D eigenvalue weighted by Gasteiger charge is 2.13. The molecule has 0 aliphatic heterocycles. The number of carbonyl (C=O) groups is 1. The second-order valence-electron chi connectivity index (χ2n) is 5.52. The zero-order valence-electron chi connectivity index (χ0n) is 14.1. The fourth-order valence-electron chi connectivity index (χ4n) is 2.32. The smallest absolute Gasteiger partial charge is 0.251 e. The molecule has 0 aliphatic rings. The number of ether oxygens (including phenoxy) is 1. The Balaban J connectivity index is 1.47. The van der Waals surface area contributed by atoms with Crippen molar-refractivity contribution in [2.75, 3.05) is 7.11 Å². The van der Waals surface area contributed by atoms with Crippen LogP contribution in [0.2, 0.25) is 0 Å². The maximum absolute atomic E-state index is 12.0. The summed E-state index contributed by atoms with van der Waals surface area (Å²) in [5, 5.41) is 10.8. The number of hydrogen-bond acceptors (Lipinski definition) is 6. The van der Waals surface area contributed by atoms with E-state index in [0.717, 1.165) is 16.9 Å². The molecule has 0 atom stereocenters.